The topological polar surface area (TPSA) is 62.3 Å². The van der Waals surface area contributed by atoms with Gasteiger partial charge in [0.2, 0.25) is 5.91 Å². The molecule has 2 aromatic rings. The van der Waals surface area contributed by atoms with E-state index in [4.69, 9.17) is 4.98 Å². The molecule has 0 aliphatic carbocycles. The smallest absolute Gasteiger partial charge is 0.253 e. The van der Waals surface area contributed by atoms with E-state index in [1.807, 2.05) is 43.0 Å². The van der Waals surface area contributed by atoms with Crippen molar-refractivity contribution in [1.29, 1.82) is 0 Å². The summed E-state index contributed by atoms with van der Waals surface area (Å²) >= 11 is 1.67. The van der Waals surface area contributed by atoms with Crippen molar-refractivity contribution in [2.75, 3.05) is 19.6 Å². The van der Waals surface area contributed by atoms with Crippen LogP contribution in [0, 0.1) is 5.92 Å². The second-order valence-corrected chi connectivity index (χ2v) is 8.90. The summed E-state index contributed by atoms with van der Waals surface area (Å²) in [5.74, 6) is 0.496. The zero-order valence-corrected chi connectivity index (χ0v) is 18.4. The molecular formula is C23H31N3O2S. The van der Waals surface area contributed by atoms with Crippen LogP contribution < -0.4 is 5.32 Å². The van der Waals surface area contributed by atoms with Crippen LogP contribution in [0.25, 0.3) is 0 Å². The van der Waals surface area contributed by atoms with Gasteiger partial charge in [0.05, 0.1) is 10.7 Å². The van der Waals surface area contributed by atoms with E-state index in [2.05, 4.69) is 17.6 Å². The fourth-order valence-corrected chi connectivity index (χ4v) is 4.55. The van der Waals surface area contributed by atoms with Crippen LogP contribution in [0.3, 0.4) is 0 Å². The second kappa shape index (κ2) is 10.0. The van der Waals surface area contributed by atoms with Crippen LogP contribution in [0.4, 0.5) is 0 Å². The predicted molar refractivity (Wildman–Crippen MR) is 117 cm³/mol. The summed E-state index contributed by atoms with van der Waals surface area (Å²) in [5.41, 5.74) is 3.04. The van der Waals surface area contributed by atoms with Crippen LogP contribution in [0.15, 0.2) is 29.6 Å². The molecule has 156 valence electrons. The van der Waals surface area contributed by atoms with E-state index in [1.165, 1.54) is 5.56 Å². The van der Waals surface area contributed by atoms with Gasteiger partial charge in [-0.15, -0.1) is 11.3 Å². The van der Waals surface area contributed by atoms with Gasteiger partial charge in [-0.2, -0.15) is 0 Å². The molecule has 2 heterocycles. The first-order valence-corrected chi connectivity index (χ1v) is 11.5. The minimum absolute atomic E-state index is 0.00456. The molecule has 2 amide bonds. The Morgan fingerprint density at radius 3 is 2.72 bits per heavy atom. The lowest BCUT2D eigenvalue weighted by Crippen LogP contribution is -2.39. The summed E-state index contributed by atoms with van der Waals surface area (Å²) in [6.07, 6.45) is 3.79. The van der Waals surface area contributed by atoms with Crippen molar-refractivity contribution in [2.24, 2.45) is 5.92 Å². The summed E-state index contributed by atoms with van der Waals surface area (Å²) in [6, 6.07) is 7.97. The standard InChI is InChI=1S/C23H31N3O2S/c1-4-17-7-9-18(10-8-17)23(28)26-13-5-6-19(14-26)22-25-20(15-29-22)11-12-24-21(27)16(2)3/h7-10,15-16,19H,4-6,11-14H2,1-3H3,(H,24,27). The second-order valence-electron chi connectivity index (χ2n) is 8.01. The lowest BCUT2D eigenvalue weighted by Gasteiger charge is -2.32. The van der Waals surface area contributed by atoms with Crippen LogP contribution in [-0.4, -0.2) is 41.3 Å². The van der Waals surface area contributed by atoms with Crippen molar-refractivity contribution >= 4 is 23.2 Å². The van der Waals surface area contributed by atoms with Crippen molar-refractivity contribution in [3.05, 3.63) is 51.5 Å². The first kappa shape index (κ1) is 21.5. The van der Waals surface area contributed by atoms with Gasteiger partial charge in [-0.1, -0.05) is 32.9 Å². The number of hydrogen-bond acceptors (Lipinski definition) is 4. The summed E-state index contributed by atoms with van der Waals surface area (Å²) in [5, 5.41) is 6.13. The van der Waals surface area contributed by atoms with Gasteiger partial charge in [0, 0.05) is 48.8 Å². The summed E-state index contributed by atoms with van der Waals surface area (Å²) in [7, 11) is 0. The molecule has 29 heavy (non-hydrogen) atoms. The van der Waals surface area contributed by atoms with Crippen LogP contribution in [0.1, 0.15) is 66.2 Å². The fourth-order valence-electron chi connectivity index (χ4n) is 3.57. The van der Waals surface area contributed by atoms with Crippen molar-refractivity contribution in [1.82, 2.24) is 15.2 Å². The number of likely N-dealkylation sites (tertiary alicyclic amines) is 1. The zero-order valence-electron chi connectivity index (χ0n) is 17.6. The number of aryl methyl sites for hydroxylation is 1. The van der Waals surface area contributed by atoms with E-state index in [0.29, 0.717) is 12.5 Å². The third-order valence-corrected chi connectivity index (χ3v) is 6.50. The number of piperidine rings is 1. The van der Waals surface area contributed by atoms with Crippen LogP contribution in [-0.2, 0) is 17.6 Å². The van der Waals surface area contributed by atoms with Crippen LogP contribution in [0.2, 0.25) is 0 Å². The fraction of sp³-hybridized carbons (Fsp3) is 0.522. The molecule has 6 heteroatoms. The lowest BCUT2D eigenvalue weighted by atomic mass is 9.97. The predicted octanol–water partition coefficient (Wildman–Crippen LogP) is 4.04. The third kappa shape index (κ3) is 5.66. The Balaban J connectivity index is 1.57. The normalized spacial score (nSPS) is 16.8. The van der Waals surface area contributed by atoms with E-state index in [9.17, 15) is 9.59 Å². The molecule has 1 fully saturated rings. The van der Waals surface area contributed by atoms with Crippen LogP contribution in [0.5, 0.6) is 0 Å². The van der Waals surface area contributed by atoms with Crippen molar-refractivity contribution in [3.63, 3.8) is 0 Å². The SMILES string of the molecule is CCc1ccc(C(=O)N2CCCC(c3nc(CCNC(=O)C(C)C)cs3)C2)cc1. The molecule has 1 aliphatic heterocycles. The summed E-state index contributed by atoms with van der Waals surface area (Å²) in [6.45, 7) is 8.06. The first-order chi connectivity index (χ1) is 14.0. The molecule has 3 rings (SSSR count). The minimum atomic E-state index is 0.00456. The number of nitrogens with one attached hydrogen (secondary N) is 1. The maximum atomic E-state index is 12.9. The van der Waals surface area contributed by atoms with Gasteiger partial charge in [-0.05, 0) is 37.0 Å². The highest BCUT2D eigenvalue weighted by Gasteiger charge is 2.27. The molecule has 1 aliphatic rings. The van der Waals surface area contributed by atoms with Crippen LogP contribution >= 0.6 is 11.3 Å². The highest BCUT2D eigenvalue weighted by Crippen LogP contribution is 2.30. The Kier molecular flexibility index (Phi) is 7.42. The lowest BCUT2D eigenvalue weighted by molar-refractivity contribution is -0.123. The average molecular weight is 414 g/mol. The van der Waals surface area contributed by atoms with Gasteiger partial charge >= 0.3 is 0 Å². The number of nitrogens with zero attached hydrogens (tertiary/aromatic N) is 2. The maximum Gasteiger partial charge on any atom is 0.253 e. The Morgan fingerprint density at radius 2 is 2.03 bits per heavy atom. The first-order valence-electron chi connectivity index (χ1n) is 10.6. The monoisotopic (exact) mass is 413 g/mol. The van der Waals surface area contributed by atoms with Gasteiger partial charge in [0.1, 0.15) is 0 Å². The molecule has 1 saturated heterocycles. The zero-order chi connectivity index (χ0) is 20.8. The number of carbonyl (C=O) groups is 2. The molecule has 1 N–H and O–H groups in total. The number of carbonyl (C=O) groups excluding carboxylic acids is 2. The quantitative estimate of drug-likeness (QED) is 0.745. The average Bonchev–Trinajstić information content (AvgIpc) is 3.22. The van der Waals surface area contributed by atoms with E-state index < -0.39 is 0 Å². The summed E-state index contributed by atoms with van der Waals surface area (Å²) in [4.78, 5) is 31.3. The molecule has 1 atom stereocenters. The van der Waals surface area contributed by atoms with Gasteiger partial charge < -0.3 is 10.2 Å². The van der Waals surface area contributed by atoms with Gasteiger partial charge in [-0.25, -0.2) is 4.98 Å². The van der Waals surface area contributed by atoms with Gasteiger partial charge in [-0.3, -0.25) is 9.59 Å². The number of benzene rings is 1. The molecular weight excluding hydrogens is 382 g/mol. The molecule has 0 bridgehead atoms. The van der Waals surface area contributed by atoms with Gasteiger partial charge in [0.25, 0.3) is 5.91 Å². The Morgan fingerprint density at radius 1 is 1.28 bits per heavy atom. The van der Waals surface area contributed by atoms with E-state index in [1.54, 1.807) is 11.3 Å². The van der Waals surface area contributed by atoms with Crippen molar-refractivity contribution in [2.45, 2.75) is 52.4 Å². The number of thiazole rings is 1. The van der Waals surface area contributed by atoms with Gasteiger partial charge in [0.15, 0.2) is 0 Å². The Labute approximate surface area is 177 Å². The van der Waals surface area contributed by atoms with E-state index in [-0.39, 0.29) is 17.7 Å². The summed E-state index contributed by atoms with van der Waals surface area (Å²) < 4.78 is 0. The third-order valence-electron chi connectivity index (χ3n) is 5.44. The van der Waals surface area contributed by atoms with Crippen molar-refractivity contribution in [3.8, 4) is 0 Å². The van der Waals surface area contributed by atoms with Crippen molar-refractivity contribution < 1.29 is 9.59 Å². The molecule has 0 spiro atoms. The Hall–Kier alpha value is -2.21. The Bertz CT molecular complexity index is 829. The van der Waals surface area contributed by atoms with E-state index in [0.717, 1.165) is 55.0 Å². The maximum absolute atomic E-state index is 12.9. The highest BCUT2D eigenvalue weighted by atomic mass is 32.1. The molecule has 0 radical (unpaired) electrons. The highest BCUT2D eigenvalue weighted by molar-refractivity contribution is 7.09. The van der Waals surface area contributed by atoms with E-state index >= 15 is 0 Å². The number of amides is 2. The molecule has 1 unspecified atom stereocenters. The number of aromatic nitrogens is 1. The minimum Gasteiger partial charge on any atom is -0.355 e. The molecule has 5 nitrogen and oxygen atoms in total. The molecule has 0 saturated carbocycles. The molecule has 1 aromatic carbocycles. The number of rotatable bonds is 7. The number of hydrogen-bond donors (Lipinski definition) is 1. The molecule has 1 aromatic heterocycles. The largest absolute Gasteiger partial charge is 0.355 e.